The Bertz CT molecular complexity index is 1340. The van der Waals surface area contributed by atoms with Crippen LogP contribution in [0.1, 0.15) is 5.56 Å². The number of nitrogens with one attached hydrogen (secondary N) is 1. The first-order chi connectivity index (χ1) is 15.8. The molecule has 0 aliphatic carbocycles. The fourth-order valence-corrected chi connectivity index (χ4v) is 3.59. The Morgan fingerprint density at radius 3 is 2.45 bits per heavy atom. The Balaban J connectivity index is 1.59. The van der Waals surface area contributed by atoms with Crippen molar-refractivity contribution in [2.24, 2.45) is 0 Å². The van der Waals surface area contributed by atoms with E-state index in [4.69, 9.17) is 4.42 Å². The average Bonchev–Trinajstić information content (AvgIpc) is 3.27. The SMILES string of the molecule is O=C(CSc1nnc(-c2nn(Cc3ccccc3)c(=O)c3ccccc23)o1)NCC(F)(F)F. The van der Waals surface area contributed by atoms with Crippen LogP contribution in [0.3, 0.4) is 0 Å². The lowest BCUT2D eigenvalue weighted by Crippen LogP contribution is -2.34. The van der Waals surface area contributed by atoms with Gasteiger partial charge in [-0.1, -0.05) is 60.3 Å². The number of aromatic nitrogens is 4. The molecule has 4 aromatic rings. The molecule has 4 rings (SSSR count). The Labute approximate surface area is 188 Å². The summed E-state index contributed by atoms with van der Waals surface area (Å²) < 4.78 is 43.5. The molecule has 170 valence electrons. The summed E-state index contributed by atoms with van der Waals surface area (Å²) >= 11 is 0.794. The summed E-state index contributed by atoms with van der Waals surface area (Å²) in [5.41, 5.74) is 0.871. The van der Waals surface area contributed by atoms with E-state index in [0.717, 1.165) is 17.3 Å². The number of carbonyl (C=O) groups excluding carboxylic acids is 1. The van der Waals surface area contributed by atoms with Gasteiger partial charge in [-0.25, -0.2) is 4.68 Å². The number of benzene rings is 2. The number of alkyl halides is 3. The molecule has 0 radical (unpaired) electrons. The zero-order valence-electron chi connectivity index (χ0n) is 16.9. The molecule has 2 aromatic carbocycles. The third kappa shape index (κ3) is 5.58. The van der Waals surface area contributed by atoms with Gasteiger partial charge in [-0.05, 0) is 11.6 Å². The maximum Gasteiger partial charge on any atom is 0.405 e. The van der Waals surface area contributed by atoms with Crippen LogP contribution in [0, 0.1) is 0 Å². The van der Waals surface area contributed by atoms with Crippen molar-refractivity contribution >= 4 is 28.4 Å². The van der Waals surface area contributed by atoms with Gasteiger partial charge >= 0.3 is 6.18 Å². The highest BCUT2D eigenvalue weighted by atomic mass is 32.2. The smallest absolute Gasteiger partial charge is 0.405 e. The summed E-state index contributed by atoms with van der Waals surface area (Å²) in [7, 11) is 0. The van der Waals surface area contributed by atoms with E-state index in [9.17, 15) is 22.8 Å². The molecule has 2 heterocycles. The molecular weight excluding hydrogens is 459 g/mol. The molecule has 0 atom stereocenters. The summed E-state index contributed by atoms with van der Waals surface area (Å²) in [6.45, 7) is -1.19. The number of amides is 1. The maximum atomic E-state index is 12.9. The molecule has 8 nitrogen and oxygen atoms in total. The van der Waals surface area contributed by atoms with Crippen molar-refractivity contribution in [3.8, 4) is 11.6 Å². The second-order valence-corrected chi connectivity index (χ2v) is 7.82. The molecule has 1 N–H and O–H groups in total. The van der Waals surface area contributed by atoms with Crippen LogP contribution in [-0.2, 0) is 11.3 Å². The molecule has 0 fully saturated rings. The number of carbonyl (C=O) groups is 1. The summed E-state index contributed by atoms with van der Waals surface area (Å²) in [5.74, 6) is -1.14. The van der Waals surface area contributed by atoms with E-state index in [1.807, 2.05) is 30.3 Å². The van der Waals surface area contributed by atoms with Gasteiger partial charge in [0.05, 0.1) is 17.7 Å². The number of nitrogens with zero attached hydrogens (tertiary/aromatic N) is 4. The van der Waals surface area contributed by atoms with Gasteiger partial charge in [0.15, 0.2) is 5.69 Å². The second kappa shape index (κ2) is 9.45. The first-order valence-corrected chi connectivity index (χ1v) is 10.6. The van der Waals surface area contributed by atoms with Crippen LogP contribution in [0.25, 0.3) is 22.4 Å². The highest BCUT2D eigenvalue weighted by Gasteiger charge is 2.27. The third-order valence-corrected chi connectivity index (χ3v) is 5.28. The van der Waals surface area contributed by atoms with E-state index in [1.165, 1.54) is 4.68 Å². The molecule has 1 amide bonds. The van der Waals surface area contributed by atoms with Gasteiger partial charge in [0.25, 0.3) is 16.7 Å². The van der Waals surface area contributed by atoms with Crippen molar-refractivity contribution in [2.75, 3.05) is 12.3 Å². The van der Waals surface area contributed by atoms with E-state index in [0.29, 0.717) is 10.8 Å². The number of hydrogen-bond donors (Lipinski definition) is 1. The monoisotopic (exact) mass is 475 g/mol. The number of fused-ring (bicyclic) bond motifs is 1. The summed E-state index contributed by atoms with van der Waals surface area (Å²) in [4.78, 5) is 24.5. The Kier molecular flexibility index (Phi) is 6.45. The van der Waals surface area contributed by atoms with Crippen molar-refractivity contribution in [1.82, 2.24) is 25.3 Å². The fourth-order valence-electron chi connectivity index (χ4n) is 3.00. The van der Waals surface area contributed by atoms with Gasteiger partial charge in [-0.15, -0.1) is 10.2 Å². The van der Waals surface area contributed by atoms with Gasteiger partial charge in [0, 0.05) is 5.39 Å². The normalized spacial score (nSPS) is 11.6. The first kappa shape index (κ1) is 22.5. The van der Waals surface area contributed by atoms with Gasteiger partial charge in [0.1, 0.15) is 6.54 Å². The summed E-state index contributed by atoms with van der Waals surface area (Å²) in [6.07, 6.45) is -4.49. The molecule has 0 aliphatic rings. The zero-order valence-corrected chi connectivity index (χ0v) is 17.7. The predicted molar refractivity (Wildman–Crippen MR) is 115 cm³/mol. The van der Waals surface area contributed by atoms with Gasteiger partial charge in [-0.2, -0.15) is 18.3 Å². The van der Waals surface area contributed by atoms with Gasteiger partial charge in [0.2, 0.25) is 5.91 Å². The number of hydrogen-bond acceptors (Lipinski definition) is 7. The molecule has 0 saturated heterocycles. The number of rotatable bonds is 7. The Hall–Kier alpha value is -3.67. The van der Waals surface area contributed by atoms with Crippen molar-refractivity contribution < 1.29 is 22.4 Å². The molecule has 0 aliphatic heterocycles. The van der Waals surface area contributed by atoms with E-state index >= 15 is 0 Å². The summed E-state index contributed by atoms with van der Waals surface area (Å²) in [6, 6.07) is 16.2. The molecule has 2 aromatic heterocycles. The van der Waals surface area contributed by atoms with Gasteiger partial charge in [-0.3, -0.25) is 9.59 Å². The second-order valence-electron chi connectivity index (χ2n) is 6.90. The van der Waals surface area contributed by atoms with Crippen LogP contribution in [0.5, 0.6) is 0 Å². The van der Waals surface area contributed by atoms with Crippen LogP contribution in [0.2, 0.25) is 0 Å². The fraction of sp³-hybridized carbons (Fsp3) is 0.190. The average molecular weight is 475 g/mol. The largest absolute Gasteiger partial charge is 0.409 e. The summed E-state index contributed by atoms with van der Waals surface area (Å²) in [5, 5.41) is 14.9. The van der Waals surface area contributed by atoms with Crippen molar-refractivity contribution in [2.45, 2.75) is 17.9 Å². The van der Waals surface area contributed by atoms with E-state index in [1.54, 1.807) is 29.6 Å². The first-order valence-electron chi connectivity index (χ1n) is 9.64. The van der Waals surface area contributed by atoms with Crippen LogP contribution in [-0.4, -0.2) is 44.4 Å². The molecular formula is C21H16F3N5O3S. The van der Waals surface area contributed by atoms with E-state index < -0.39 is 18.6 Å². The lowest BCUT2D eigenvalue weighted by Gasteiger charge is -2.09. The number of halogens is 3. The van der Waals surface area contributed by atoms with E-state index in [-0.39, 0.29) is 34.7 Å². The molecule has 12 heteroatoms. The minimum absolute atomic E-state index is 0.0150. The van der Waals surface area contributed by atoms with Crippen LogP contribution >= 0.6 is 11.8 Å². The van der Waals surface area contributed by atoms with Crippen LogP contribution < -0.4 is 10.9 Å². The zero-order chi connectivity index (χ0) is 23.4. The Morgan fingerprint density at radius 2 is 1.73 bits per heavy atom. The lowest BCUT2D eigenvalue weighted by atomic mass is 10.1. The quantitative estimate of drug-likeness (QED) is 0.409. The highest BCUT2D eigenvalue weighted by molar-refractivity contribution is 7.99. The predicted octanol–water partition coefficient (Wildman–Crippen LogP) is 3.27. The molecule has 0 bridgehead atoms. The maximum absolute atomic E-state index is 12.9. The van der Waals surface area contributed by atoms with Crippen molar-refractivity contribution in [1.29, 1.82) is 0 Å². The molecule has 33 heavy (non-hydrogen) atoms. The topological polar surface area (TPSA) is 103 Å². The van der Waals surface area contributed by atoms with Gasteiger partial charge < -0.3 is 9.73 Å². The Morgan fingerprint density at radius 1 is 1.03 bits per heavy atom. The minimum Gasteiger partial charge on any atom is -0.409 e. The van der Waals surface area contributed by atoms with E-state index in [2.05, 4.69) is 15.3 Å². The highest BCUT2D eigenvalue weighted by Crippen LogP contribution is 2.26. The van der Waals surface area contributed by atoms with Crippen LogP contribution in [0.15, 0.2) is 69.0 Å². The number of thioether (sulfide) groups is 1. The molecule has 0 saturated carbocycles. The van der Waals surface area contributed by atoms with Crippen molar-refractivity contribution in [3.63, 3.8) is 0 Å². The lowest BCUT2D eigenvalue weighted by molar-refractivity contribution is -0.136. The molecule has 0 spiro atoms. The standard InChI is InChI=1S/C21H16F3N5O3S/c22-21(23,24)12-25-16(30)11-33-20-27-26-18(32-20)17-14-8-4-5-9-15(14)19(31)29(28-17)10-13-6-2-1-3-7-13/h1-9H,10-12H2,(H,25,30). The van der Waals surface area contributed by atoms with Crippen LogP contribution in [0.4, 0.5) is 13.2 Å². The molecule has 0 unspecified atom stereocenters. The third-order valence-electron chi connectivity index (χ3n) is 4.46. The minimum atomic E-state index is -4.49. The van der Waals surface area contributed by atoms with Crippen molar-refractivity contribution in [3.05, 3.63) is 70.5 Å².